The van der Waals surface area contributed by atoms with Gasteiger partial charge in [-0.2, -0.15) is 0 Å². The van der Waals surface area contributed by atoms with Crippen molar-refractivity contribution in [2.45, 2.75) is 83.8 Å². The van der Waals surface area contributed by atoms with Crippen LogP contribution in [0.15, 0.2) is 54.1 Å². The van der Waals surface area contributed by atoms with Crippen LogP contribution in [0.1, 0.15) is 71.3 Å². The van der Waals surface area contributed by atoms with Crippen LogP contribution in [0.2, 0.25) is 0 Å². The first-order valence-electron chi connectivity index (χ1n) is 12.6. The molecule has 0 aliphatic heterocycles. The third kappa shape index (κ3) is 3.45. The Morgan fingerprint density at radius 3 is 2.61 bits per heavy atom. The van der Waals surface area contributed by atoms with Gasteiger partial charge < -0.3 is 10.2 Å². The van der Waals surface area contributed by atoms with Crippen LogP contribution in [0.25, 0.3) is 0 Å². The molecule has 1 aromatic rings. The Bertz CT molecular complexity index is 868. The van der Waals surface area contributed by atoms with Gasteiger partial charge in [-0.1, -0.05) is 68.0 Å². The maximum atomic E-state index is 11.7. The van der Waals surface area contributed by atoms with Gasteiger partial charge in [-0.3, -0.25) is 0 Å². The highest BCUT2D eigenvalue weighted by Gasteiger charge is 2.59. The third-order valence-corrected chi connectivity index (χ3v) is 10.0. The van der Waals surface area contributed by atoms with Crippen molar-refractivity contribution >= 4 is 0 Å². The minimum Gasteiger partial charge on any atom is -0.393 e. The summed E-state index contributed by atoms with van der Waals surface area (Å²) in [7, 11) is 0. The molecule has 31 heavy (non-hydrogen) atoms. The summed E-state index contributed by atoms with van der Waals surface area (Å²) in [6.07, 6.45) is 15.5. The number of rotatable bonds is 4. The minimum absolute atomic E-state index is 0.139. The van der Waals surface area contributed by atoms with Crippen LogP contribution < -0.4 is 0 Å². The summed E-state index contributed by atoms with van der Waals surface area (Å²) in [5, 5.41) is 21.9. The van der Waals surface area contributed by atoms with Gasteiger partial charge in [-0.15, -0.1) is 0 Å². The number of aliphatic hydroxyl groups is 2. The smallest absolute Gasteiger partial charge is 0.0690 e. The number of hydrogen-bond acceptors (Lipinski definition) is 2. The Morgan fingerprint density at radius 1 is 1.06 bits per heavy atom. The van der Waals surface area contributed by atoms with E-state index in [4.69, 9.17) is 0 Å². The van der Waals surface area contributed by atoms with E-state index in [0.717, 1.165) is 44.4 Å². The molecule has 2 nitrogen and oxygen atoms in total. The molecular formula is C29H40O2. The van der Waals surface area contributed by atoms with E-state index in [0.29, 0.717) is 11.8 Å². The largest absolute Gasteiger partial charge is 0.393 e. The van der Waals surface area contributed by atoms with Gasteiger partial charge in [0.05, 0.1) is 11.7 Å². The molecule has 2 heteroatoms. The second-order valence-corrected chi connectivity index (χ2v) is 11.8. The van der Waals surface area contributed by atoms with Crippen molar-refractivity contribution in [2.24, 2.45) is 34.5 Å². The van der Waals surface area contributed by atoms with E-state index in [-0.39, 0.29) is 22.9 Å². The van der Waals surface area contributed by atoms with E-state index in [1.165, 1.54) is 24.0 Å². The normalized spacial score (nSPS) is 43.4. The lowest BCUT2D eigenvalue weighted by Gasteiger charge is -2.58. The van der Waals surface area contributed by atoms with E-state index >= 15 is 0 Å². The third-order valence-electron chi connectivity index (χ3n) is 10.0. The SMILES string of the molecule is C[C@]12CC[C@H]3[C@@H](CC=C4C[C@@H](O)CC[C@@]43C)[C@@H]1C=C[C@@H]2[C@](C)(O)CCc1ccccc1. The zero-order valence-corrected chi connectivity index (χ0v) is 19.6. The first kappa shape index (κ1) is 21.5. The lowest BCUT2D eigenvalue weighted by molar-refractivity contribution is -0.0955. The quantitative estimate of drug-likeness (QED) is 0.579. The van der Waals surface area contributed by atoms with Crippen molar-refractivity contribution in [3.63, 3.8) is 0 Å². The molecule has 0 bridgehead atoms. The lowest BCUT2D eigenvalue weighted by atomic mass is 9.46. The Balaban J connectivity index is 1.36. The fourth-order valence-electron chi connectivity index (χ4n) is 8.21. The highest BCUT2D eigenvalue weighted by Crippen LogP contribution is 2.65. The second kappa shape index (κ2) is 7.59. The van der Waals surface area contributed by atoms with Crippen LogP contribution in [0.4, 0.5) is 0 Å². The highest BCUT2D eigenvalue weighted by molar-refractivity contribution is 5.29. The molecule has 0 heterocycles. The Kier molecular flexibility index (Phi) is 5.26. The maximum absolute atomic E-state index is 11.7. The van der Waals surface area contributed by atoms with Crippen molar-refractivity contribution in [3.05, 3.63) is 59.7 Å². The molecule has 168 valence electrons. The average molecular weight is 421 g/mol. The predicted molar refractivity (Wildman–Crippen MR) is 126 cm³/mol. The van der Waals surface area contributed by atoms with Crippen molar-refractivity contribution in [2.75, 3.05) is 0 Å². The molecule has 2 saturated carbocycles. The molecule has 4 aliphatic rings. The average Bonchev–Trinajstić information content (AvgIpc) is 3.12. The molecule has 0 unspecified atom stereocenters. The maximum Gasteiger partial charge on any atom is 0.0690 e. The highest BCUT2D eigenvalue weighted by atomic mass is 16.3. The van der Waals surface area contributed by atoms with Crippen LogP contribution in [-0.2, 0) is 6.42 Å². The second-order valence-electron chi connectivity index (χ2n) is 11.8. The van der Waals surface area contributed by atoms with E-state index in [1.54, 1.807) is 0 Å². The molecule has 8 atom stereocenters. The van der Waals surface area contributed by atoms with Crippen LogP contribution >= 0.6 is 0 Å². The fraction of sp³-hybridized carbons (Fsp3) is 0.655. The lowest BCUT2D eigenvalue weighted by Crippen LogP contribution is -2.53. The number of benzene rings is 1. The topological polar surface area (TPSA) is 40.5 Å². The summed E-state index contributed by atoms with van der Waals surface area (Å²) >= 11 is 0. The number of aliphatic hydroxyl groups excluding tert-OH is 1. The summed E-state index contributed by atoms with van der Waals surface area (Å²) in [5.41, 5.74) is 2.58. The molecule has 2 N–H and O–H groups in total. The molecule has 5 rings (SSSR count). The van der Waals surface area contributed by atoms with E-state index in [2.05, 4.69) is 69.3 Å². The minimum atomic E-state index is -0.683. The van der Waals surface area contributed by atoms with Gasteiger partial charge >= 0.3 is 0 Å². The van der Waals surface area contributed by atoms with Crippen LogP contribution in [0.3, 0.4) is 0 Å². The van der Waals surface area contributed by atoms with Gasteiger partial charge in [0.1, 0.15) is 0 Å². The fourth-order valence-corrected chi connectivity index (χ4v) is 8.21. The van der Waals surface area contributed by atoms with Gasteiger partial charge in [-0.05, 0) is 92.4 Å². The van der Waals surface area contributed by atoms with Crippen molar-refractivity contribution in [1.29, 1.82) is 0 Å². The standard InChI is InChI=1S/C29H40O2/c1-27-16-14-22(30)19-21(27)9-10-23-24-11-12-26(28(24,2)17-15-25(23)27)29(3,31)18-13-20-7-5-4-6-8-20/h4-9,11-12,22-26,30-31H,10,13-19H2,1-3H3/t22-,23-,24-,25-,26-,27-,28-,29+/m0/s1. The van der Waals surface area contributed by atoms with Crippen LogP contribution in [-0.4, -0.2) is 21.9 Å². The summed E-state index contributed by atoms with van der Waals surface area (Å²) in [4.78, 5) is 0. The predicted octanol–water partition coefficient (Wildman–Crippen LogP) is 6.09. The molecular weight excluding hydrogens is 380 g/mol. The monoisotopic (exact) mass is 420 g/mol. The number of hydrogen-bond donors (Lipinski definition) is 2. The first-order valence-corrected chi connectivity index (χ1v) is 12.6. The van der Waals surface area contributed by atoms with Gasteiger partial charge in [-0.25, -0.2) is 0 Å². The van der Waals surface area contributed by atoms with Crippen LogP contribution in [0, 0.1) is 34.5 Å². The molecule has 0 radical (unpaired) electrons. The van der Waals surface area contributed by atoms with Gasteiger partial charge in [0.25, 0.3) is 0 Å². The Morgan fingerprint density at radius 2 is 1.84 bits per heavy atom. The molecule has 2 fully saturated rings. The number of aryl methyl sites for hydroxylation is 1. The zero-order valence-electron chi connectivity index (χ0n) is 19.6. The zero-order chi connectivity index (χ0) is 21.9. The van der Waals surface area contributed by atoms with E-state index in [9.17, 15) is 10.2 Å². The molecule has 4 aliphatic carbocycles. The summed E-state index contributed by atoms with van der Waals surface area (Å²) in [6.45, 7) is 7.02. The summed E-state index contributed by atoms with van der Waals surface area (Å²) in [5.74, 6) is 2.17. The molecule has 0 amide bonds. The molecule has 0 aromatic heterocycles. The summed E-state index contributed by atoms with van der Waals surface area (Å²) in [6, 6.07) is 10.6. The van der Waals surface area contributed by atoms with E-state index < -0.39 is 5.60 Å². The Hall–Kier alpha value is -1.38. The van der Waals surface area contributed by atoms with Gasteiger partial charge in [0, 0.05) is 5.92 Å². The molecule has 1 aromatic carbocycles. The first-order chi connectivity index (χ1) is 14.7. The van der Waals surface area contributed by atoms with Crippen molar-refractivity contribution < 1.29 is 10.2 Å². The van der Waals surface area contributed by atoms with Crippen molar-refractivity contribution in [1.82, 2.24) is 0 Å². The number of allylic oxidation sites excluding steroid dienone is 2. The number of fused-ring (bicyclic) bond motifs is 5. The van der Waals surface area contributed by atoms with Gasteiger partial charge in [0.15, 0.2) is 0 Å². The van der Waals surface area contributed by atoms with Gasteiger partial charge in [0.2, 0.25) is 0 Å². The van der Waals surface area contributed by atoms with E-state index in [1.807, 2.05) is 0 Å². The Labute approximate surface area is 188 Å². The van der Waals surface area contributed by atoms with Crippen LogP contribution in [0.5, 0.6) is 0 Å². The summed E-state index contributed by atoms with van der Waals surface area (Å²) < 4.78 is 0. The molecule has 0 saturated heterocycles. The molecule has 0 spiro atoms. The van der Waals surface area contributed by atoms with Crippen molar-refractivity contribution in [3.8, 4) is 0 Å².